The third-order valence-electron chi connectivity index (χ3n) is 3.13. The minimum Gasteiger partial charge on any atom is -0.147 e. The Bertz CT molecular complexity index is 166. The maximum absolute atomic E-state index is 2.41. The van der Waals surface area contributed by atoms with Gasteiger partial charge in [0.15, 0.2) is 0 Å². The first-order valence-corrected chi connectivity index (χ1v) is 7.88. The van der Waals surface area contributed by atoms with Crippen LogP contribution in [0.15, 0.2) is 0 Å². The van der Waals surface area contributed by atoms with Crippen molar-refractivity contribution in [3.05, 3.63) is 0 Å². The quantitative estimate of drug-likeness (QED) is 0.683. The molecule has 1 aliphatic heterocycles. The zero-order valence-electron chi connectivity index (χ0n) is 10.0. The molecule has 0 saturated carbocycles. The van der Waals surface area contributed by atoms with Crippen molar-refractivity contribution in [2.24, 2.45) is 5.92 Å². The van der Waals surface area contributed by atoms with Crippen molar-refractivity contribution >= 4 is 23.5 Å². The van der Waals surface area contributed by atoms with Gasteiger partial charge in [0.05, 0.1) is 0 Å². The Kier molecular flexibility index (Phi) is 5.19. The standard InChI is InChI=1S/C12H24S2/c1-5-7-10(6-2)11-8-12(3,4)14-9-13-11/h10-11H,5-9H2,1-4H3. The Morgan fingerprint density at radius 3 is 2.57 bits per heavy atom. The molecule has 0 bridgehead atoms. The number of rotatable bonds is 4. The largest absolute Gasteiger partial charge is 0.147 e. The van der Waals surface area contributed by atoms with Gasteiger partial charge in [-0.05, 0) is 18.8 Å². The fraction of sp³-hybridized carbons (Fsp3) is 1.00. The van der Waals surface area contributed by atoms with Crippen molar-refractivity contribution in [1.29, 1.82) is 0 Å². The first-order chi connectivity index (χ1) is 6.59. The molecule has 0 nitrogen and oxygen atoms in total. The van der Waals surface area contributed by atoms with Crippen molar-refractivity contribution in [1.82, 2.24) is 0 Å². The monoisotopic (exact) mass is 232 g/mol. The lowest BCUT2D eigenvalue weighted by Crippen LogP contribution is -2.31. The first-order valence-electron chi connectivity index (χ1n) is 5.84. The SMILES string of the molecule is CCCC(CC)C1CC(C)(C)SCS1. The van der Waals surface area contributed by atoms with Crippen LogP contribution in [0.3, 0.4) is 0 Å². The van der Waals surface area contributed by atoms with Crippen molar-refractivity contribution in [2.75, 3.05) is 5.08 Å². The fourth-order valence-electron chi connectivity index (χ4n) is 2.21. The van der Waals surface area contributed by atoms with Crippen molar-refractivity contribution in [3.63, 3.8) is 0 Å². The van der Waals surface area contributed by atoms with E-state index < -0.39 is 0 Å². The van der Waals surface area contributed by atoms with Crippen molar-refractivity contribution in [3.8, 4) is 0 Å². The summed E-state index contributed by atoms with van der Waals surface area (Å²) in [6, 6.07) is 0. The van der Waals surface area contributed by atoms with Gasteiger partial charge in [-0.15, -0.1) is 23.5 Å². The van der Waals surface area contributed by atoms with Crippen LogP contribution in [0, 0.1) is 5.92 Å². The second kappa shape index (κ2) is 5.69. The number of thioether (sulfide) groups is 2. The summed E-state index contributed by atoms with van der Waals surface area (Å²) in [5, 5.41) is 2.23. The third kappa shape index (κ3) is 3.69. The van der Waals surface area contributed by atoms with E-state index in [1.165, 1.54) is 30.8 Å². The van der Waals surface area contributed by atoms with E-state index in [2.05, 4.69) is 51.2 Å². The second-order valence-corrected chi connectivity index (χ2v) is 8.16. The summed E-state index contributed by atoms with van der Waals surface area (Å²) in [7, 11) is 0. The molecule has 1 heterocycles. The summed E-state index contributed by atoms with van der Waals surface area (Å²) in [5.41, 5.74) is 0. The molecule has 0 aliphatic carbocycles. The molecule has 0 amide bonds. The van der Waals surface area contributed by atoms with Gasteiger partial charge in [0.25, 0.3) is 0 Å². The lowest BCUT2D eigenvalue weighted by molar-refractivity contribution is 0.410. The minimum absolute atomic E-state index is 0.525. The third-order valence-corrected chi connectivity index (χ3v) is 6.08. The maximum Gasteiger partial charge on any atom is 0.0400 e. The summed E-state index contributed by atoms with van der Waals surface area (Å²) in [6.07, 6.45) is 5.55. The van der Waals surface area contributed by atoms with Crippen LogP contribution in [0.2, 0.25) is 0 Å². The van der Waals surface area contributed by atoms with E-state index in [9.17, 15) is 0 Å². The topological polar surface area (TPSA) is 0 Å². The number of hydrogen-bond donors (Lipinski definition) is 0. The molecule has 2 atom stereocenters. The van der Waals surface area contributed by atoms with E-state index in [0.29, 0.717) is 4.75 Å². The van der Waals surface area contributed by atoms with Gasteiger partial charge in [0, 0.05) is 15.1 Å². The molecule has 1 fully saturated rings. The summed E-state index contributed by atoms with van der Waals surface area (Å²) >= 11 is 4.33. The van der Waals surface area contributed by atoms with Crippen LogP contribution in [-0.2, 0) is 0 Å². The van der Waals surface area contributed by atoms with Crippen LogP contribution in [-0.4, -0.2) is 15.1 Å². The van der Waals surface area contributed by atoms with Gasteiger partial charge < -0.3 is 0 Å². The predicted molar refractivity (Wildman–Crippen MR) is 71.2 cm³/mol. The van der Waals surface area contributed by atoms with E-state index in [1.54, 1.807) is 0 Å². The molecule has 2 unspecified atom stereocenters. The molecule has 84 valence electrons. The summed E-state index contributed by atoms with van der Waals surface area (Å²) in [6.45, 7) is 9.48. The van der Waals surface area contributed by atoms with Crippen LogP contribution >= 0.6 is 23.5 Å². The maximum atomic E-state index is 2.41. The molecular weight excluding hydrogens is 208 g/mol. The average Bonchev–Trinajstić information content (AvgIpc) is 2.12. The Morgan fingerprint density at radius 1 is 1.36 bits per heavy atom. The molecule has 0 aromatic rings. The average molecular weight is 232 g/mol. The van der Waals surface area contributed by atoms with Gasteiger partial charge in [0.1, 0.15) is 0 Å². The molecular formula is C12H24S2. The highest BCUT2D eigenvalue weighted by Gasteiger charge is 2.32. The molecule has 0 spiro atoms. The highest BCUT2D eigenvalue weighted by molar-refractivity contribution is 8.17. The van der Waals surface area contributed by atoms with E-state index in [-0.39, 0.29) is 0 Å². The minimum atomic E-state index is 0.525. The highest BCUT2D eigenvalue weighted by atomic mass is 32.2. The summed E-state index contributed by atoms with van der Waals surface area (Å²) < 4.78 is 0.525. The van der Waals surface area contributed by atoms with Crippen LogP contribution < -0.4 is 0 Å². The molecule has 2 heteroatoms. The lowest BCUT2D eigenvalue weighted by Gasteiger charge is -2.38. The van der Waals surface area contributed by atoms with Gasteiger partial charge in [0.2, 0.25) is 0 Å². The Balaban J connectivity index is 2.49. The molecule has 0 radical (unpaired) electrons. The zero-order valence-corrected chi connectivity index (χ0v) is 11.6. The summed E-state index contributed by atoms with van der Waals surface area (Å²) in [4.78, 5) is 0. The molecule has 14 heavy (non-hydrogen) atoms. The molecule has 1 rings (SSSR count). The van der Waals surface area contributed by atoms with Gasteiger partial charge in [-0.25, -0.2) is 0 Å². The Hall–Kier alpha value is 0.700. The molecule has 0 aromatic heterocycles. The fourth-order valence-corrected chi connectivity index (χ4v) is 6.00. The molecule has 1 aliphatic rings. The van der Waals surface area contributed by atoms with Gasteiger partial charge in [-0.2, -0.15) is 0 Å². The Morgan fingerprint density at radius 2 is 2.07 bits per heavy atom. The van der Waals surface area contributed by atoms with Gasteiger partial charge >= 0.3 is 0 Å². The molecule has 0 aromatic carbocycles. The summed E-state index contributed by atoms with van der Waals surface area (Å²) in [5.74, 6) is 0.963. The van der Waals surface area contributed by atoms with E-state index >= 15 is 0 Å². The van der Waals surface area contributed by atoms with Crippen LogP contribution in [0.25, 0.3) is 0 Å². The van der Waals surface area contributed by atoms with Gasteiger partial charge in [-0.3, -0.25) is 0 Å². The molecule has 1 saturated heterocycles. The zero-order chi connectivity index (χ0) is 10.6. The van der Waals surface area contributed by atoms with Crippen LogP contribution in [0.5, 0.6) is 0 Å². The predicted octanol–water partition coefficient (Wildman–Crippen LogP) is 4.79. The van der Waals surface area contributed by atoms with Crippen LogP contribution in [0.4, 0.5) is 0 Å². The van der Waals surface area contributed by atoms with Gasteiger partial charge in [-0.1, -0.05) is 40.5 Å². The lowest BCUT2D eigenvalue weighted by atomic mass is 9.91. The van der Waals surface area contributed by atoms with Crippen molar-refractivity contribution in [2.45, 2.75) is 63.4 Å². The van der Waals surface area contributed by atoms with E-state index in [4.69, 9.17) is 0 Å². The van der Waals surface area contributed by atoms with E-state index in [1.807, 2.05) is 0 Å². The smallest absolute Gasteiger partial charge is 0.0400 e. The highest BCUT2D eigenvalue weighted by Crippen LogP contribution is 2.45. The first kappa shape index (κ1) is 12.8. The van der Waals surface area contributed by atoms with Crippen molar-refractivity contribution < 1.29 is 0 Å². The van der Waals surface area contributed by atoms with E-state index in [0.717, 1.165) is 11.2 Å². The number of hydrogen-bond acceptors (Lipinski definition) is 2. The Labute approximate surface area is 98.0 Å². The second-order valence-electron chi connectivity index (χ2n) is 4.89. The normalized spacial score (nSPS) is 28.7. The molecule has 0 N–H and O–H groups in total. The van der Waals surface area contributed by atoms with Crippen LogP contribution in [0.1, 0.15) is 53.4 Å².